The molecule has 0 spiro atoms. The van der Waals surface area contributed by atoms with Crippen LogP contribution in [0.25, 0.3) is 0 Å². The first-order valence-electron chi connectivity index (χ1n) is 7.48. The SMILES string of the molecule is CC(C)(C)c1ccccc1C1(I)CCCCC1.NS(=O)(=O)O. The lowest BCUT2D eigenvalue weighted by molar-refractivity contribution is 0.417. The van der Waals surface area contributed by atoms with Crippen molar-refractivity contribution < 1.29 is 13.0 Å². The first-order chi connectivity index (χ1) is 9.93. The summed E-state index contributed by atoms with van der Waals surface area (Å²) >= 11 is 2.72. The molecule has 1 aromatic rings. The van der Waals surface area contributed by atoms with Crippen molar-refractivity contribution in [2.75, 3.05) is 0 Å². The highest BCUT2D eigenvalue weighted by atomic mass is 127. The Morgan fingerprint density at radius 1 is 1.14 bits per heavy atom. The molecule has 6 heteroatoms. The van der Waals surface area contributed by atoms with Gasteiger partial charge in [0.1, 0.15) is 0 Å². The fourth-order valence-electron chi connectivity index (χ4n) is 2.91. The fraction of sp³-hybridized carbons (Fsp3) is 0.625. The maximum absolute atomic E-state index is 8.97. The molecule has 0 aliphatic heterocycles. The quantitative estimate of drug-likeness (QED) is 0.389. The highest BCUT2D eigenvalue weighted by molar-refractivity contribution is 14.1. The molecule has 0 aromatic heterocycles. The lowest BCUT2D eigenvalue weighted by Crippen LogP contribution is -2.26. The Morgan fingerprint density at radius 3 is 2.05 bits per heavy atom. The van der Waals surface area contributed by atoms with Crippen LogP contribution in [0.15, 0.2) is 24.3 Å². The topological polar surface area (TPSA) is 80.4 Å². The van der Waals surface area contributed by atoms with Gasteiger partial charge in [-0.25, -0.2) is 5.14 Å². The molecule has 4 nitrogen and oxygen atoms in total. The van der Waals surface area contributed by atoms with Crippen LogP contribution in [-0.2, 0) is 19.1 Å². The van der Waals surface area contributed by atoms with Gasteiger partial charge in [-0.3, -0.25) is 4.55 Å². The van der Waals surface area contributed by atoms with E-state index in [1.54, 1.807) is 5.56 Å². The summed E-state index contributed by atoms with van der Waals surface area (Å²) in [5.74, 6) is 0. The normalized spacial score (nSPS) is 18.3. The largest absolute Gasteiger partial charge is 0.330 e. The van der Waals surface area contributed by atoms with Crippen molar-refractivity contribution in [3.05, 3.63) is 35.4 Å². The average molecular weight is 439 g/mol. The molecule has 1 saturated carbocycles. The molecule has 126 valence electrons. The van der Waals surface area contributed by atoms with Gasteiger partial charge in [0.15, 0.2) is 0 Å². The third kappa shape index (κ3) is 6.52. The predicted octanol–water partition coefficient (Wildman–Crippen LogP) is 4.33. The van der Waals surface area contributed by atoms with Gasteiger partial charge < -0.3 is 0 Å². The number of benzene rings is 1. The Kier molecular flexibility index (Phi) is 6.86. The second-order valence-corrected chi connectivity index (χ2v) is 9.93. The summed E-state index contributed by atoms with van der Waals surface area (Å²) in [6.07, 6.45) is 6.90. The van der Waals surface area contributed by atoms with Gasteiger partial charge in [-0.15, -0.1) is 0 Å². The van der Waals surface area contributed by atoms with E-state index in [0.29, 0.717) is 3.42 Å². The average Bonchev–Trinajstić information content (AvgIpc) is 2.37. The van der Waals surface area contributed by atoms with Gasteiger partial charge in [0.05, 0.1) is 0 Å². The Hall–Kier alpha value is -0.180. The van der Waals surface area contributed by atoms with Gasteiger partial charge in [-0.05, 0) is 29.4 Å². The maximum Gasteiger partial charge on any atom is 0.330 e. The highest BCUT2D eigenvalue weighted by Gasteiger charge is 2.34. The Labute approximate surface area is 147 Å². The summed E-state index contributed by atoms with van der Waals surface area (Å²) in [6.45, 7) is 6.98. The Balaban J connectivity index is 0.000000422. The van der Waals surface area contributed by atoms with Gasteiger partial charge >= 0.3 is 10.3 Å². The highest BCUT2D eigenvalue weighted by Crippen LogP contribution is 2.48. The van der Waals surface area contributed by atoms with Crippen molar-refractivity contribution in [3.8, 4) is 0 Å². The zero-order valence-electron chi connectivity index (χ0n) is 13.5. The van der Waals surface area contributed by atoms with Crippen molar-refractivity contribution in [2.45, 2.75) is 61.7 Å². The minimum atomic E-state index is -4.17. The molecule has 2 rings (SSSR count). The van der Waals surface area contributed by atoms with E-state index >= 15 is 0 Å². The van der Waals surface area contributed by atoms with Crippen molar-refractivity contribution in [3.63, 3.8) is 0 Å². The van der Waals surface area contributed by atoms with E-state index in [1.165, 1.54) is 37.7 Å². The lowest BCUT2D eigenvalue weighted by atomic mass is 9.75. The zero-order valence-corrected chi connectivity index (χ0v) is 16.4. The van der Waals surface area contributed by atoms with E-state index in [0.717, 1.165) is 0 Å². The molecule has 0 radical (unpaired) electrons. The van der Waals surface area contributed by atoms with Crippen LogP contribution >= 0.6 is 22.6 Å². The van der Waals surface area contributed by atoms with Crippen molar-refractivity contribution >= 4 is 32.9 Å². The second-order valence-electron chi connectivity index (χ2n) is 6.84. The van der Waals surface area contributed by atoms with Crippen molar-refractivity contribution in [1.82, 2.24) is 0 Å². The van der Waals surface area contributed by atoms with Gasteiger partial charge in [-0.2, -0.15) is 8.42 Å². The van der Waals surface area contributed by atoms with Crippen molar-refractivity contribution in [1.29, 1.82) is 0 Å². The molecule has 0 unspecified atom stereocenters. The molecule has 1 fully saturated rings. The van der Waals surface area contributed by atoms with Gasteiger partial charge in [0.25, 0.3) is 0 Å². The van der Waals surface area contributed by atoms with Crippen LogP contribution in [0, 0.1) is 0 Å². The van der Waals surface area contributed by atoms with Crippen LogP contribution in [0.1, 0.15) is 64.0 Å². The molecule has 22 heavy (non-hydrogen) atoms. The minimum Gasteiger partial charge on any atom is -0.274 e. The van der Waals surface area contributed by atoms with Crippen LogP contribution in [0.3, 0.4) is 0 Å². The van der Waals surface area contributed by atoms with E-state index in [9.17, 15) is 0 Å². The standard InChI is InChI=1S/C16H23I.H3NO3S/c1-15(2,3)13-9-5-6-10-14(13)16(17)11-7-4-8-12-16;1-5(2,3)4/h5-6,9-10H,4,7-8,11-12H2,1-3H3;(H3,1,2,3,4). The van der Waals surface area contributed by atoms with Crippen LogP contribution in [0.2, 0.25) is 0 Å². The zero-order chi connectivity index (χ0) is 17.0. The molecule has 1 aromatic carbocycles. The predicted molar refractivity (Wildman–Crippen MR) is 99.7 cm³/mol. The van der Waals surface area contributed by atoms with Crippen LogP contribution in [-0.4, -0.2) is 13.0 Å². The molecule has 0 amide bonds. The monoisotopic (exact) mass is 439 g/mol. The minimum absolute atomic E-state index is 0.256. The third-order valence-corrected chi connectivity index (χ3v) is 5.52. The fourth-order valence-corrected chi connectivity index (χ4v) is 4.14. The molecule has 0 bridgehead atoms. The first-order valence-corrected chi connectivity index (χ1v) is 10.1. The molecule has 1 aliphatic rings. The second kappa shape index (κ2) is 7.59. The molecular formula is C16H26INO3S. The summed E-state index contributed by atoms with van der Waals surface area (Å²) in [4.78, 5) is 0. The number of rotatable bonds is 1. The molecular weight excluding hydrogens is 413 g/mol. The molecule has 0 atom stereocenters. The summed E-state index contributed by atoms with van der Waals surface area (Å²) in [6, 6.07) is 9.08. The van der Waals surface area contributed by atoms with Crippen LogP contribution in [0.4, 0.5) is 0 Å². The molecule has 3 N–H and O–H groups in total. The summed E-state index contributed by atoms with van der Waals surface area (Å²) in [7, 11) is -4.17. The summed E-state index contributed by atoms with van der Waals surface area (Å²) in [5, 5.41) is 3.88. The number of alkyl halides is 1. The van der Waals surface area contributed by atoms with Gasteiger partial charge in [0, 0.05) is 3.42 Å². The molecule has 0 saturated heterocycles. The maximum atomic E-state index is 8.97. The lowest BCUT2D eigenvalue weighted by Gasteiger charge is -2.36. The van der Waals surface area contributed by atoms with Crippen LogP contribution < -0.4 is 5.14 Å². The Bertz CT molecular complexity index is 580. The van der Waals surface area contributed by atoms with Gasteiger partial charge in [0.2, 0.25) is 0 Å². The first kappa shape index (κ1) is 19.9. The third-order valence-electron chi connectivity index (χ3n) is 3.86. The Morgan fingerprint density at radius 2 is 1.59 bits per heavy atom. The smallest absolute Gasteiger partial charge is 0.274 e. The number of halogens is 1. The van der Waals surface area contributed by atoms with E-state index in [2.05, 4.69) is 72.8 Å². The van der Waals surface area contributed by atoms with Crippen LogP contribution in [0.5, 0.6) is 0 Å². The molecule has 1 aliphatic carbocycles. The van der Waals surface area contributed by atoms with E-state index in [4.69, 9.17) is 13.0 Å². The number of hydrogen-bond donors (Lipinski definition) is 2. The van der Waals surface area contributed by atoms with E-state index in [-0.39, 0.29) is 5.41 Å². The number of hydrogen-bond acceptors (Lipinski definition) is 2. The van der Waals surface area contributed by atoms with Crippen molar-refractivity contribution in [2.24, 2.45) is 5.14 Å². The van der Waals surface area contributed by atoms with E-state index in [1.807, 2.05) is 0 Å². The molecule has 0 heterocycles. The van der Waals surface area contributed by atoms with E-state index < -0.39 is 10.3 Å². The summed E-state index contributed by atoms with van der Waals surface area (Å²) in [5.41, 5.74) is 3.38. The number of nitrogens with two attached hydrogens (primary N) is 1. The van der Waals surface area contributed by atoms with Gasteiger partial charge in [-0.1, -0.05) is 86.9 Å². The summed E-state index contributed by atoms with van der Waals surface area (Å²) < 4.78 is 25.6.